The van der Waals surface area contributed by atoms with E-state index in [2.05, 4.69) is 38.1 Å². The molecule has 0 saturated heterocycles. The highest BCUT2D eigenvalue weighted by Gasteiger charge is 2.21. The maximum absolute atomic E-state index is 12.6. The molecule has 0 heterocycles. The lowest BCUT2D eigenvalue weighted by Crippen LogP contribution is -2.34. The number of halogens is 1. The van der Waals surface area contributed by atoms with Crippen LogP contribution in [0.1, 0.15) is 30.0 Å². The molecule has 1 aliphatic rings. The van der Waals surface area contributed by atoms with E-state index in [-0.39, 0.29) is 23.5 Å². The van der Waals surface area contributed by atoms with Crippen molar-refractivity contribution in [2.75, 3.05) is 11.3 Å². The van der Waals surface area contributed by atoms with Crippen molar-refractivity contribution in [1.82, 2.24) is 5.32 Å². The van der Waals surface area contributed by atoms with E-state index in [0.717, 1.165) is 23.7 Å². The number of ether oxygens (including phenoxy) is 1. The highest BCUT2D eigenvalue weighted by molar-refractivity contribution is 9.10. The van der Waals surface area contributed by atoms with Gasteiger partial charge < -0.3 is 10.1 Å². The molecule has 0 saturated carbocycles. The SMILES string of the molecule is O=C(COc1ccc(S(=O)(=O)Nc2ccc(Br)cc2)cc1)N[C@@H]1CCCc2ccccc21. The molecule has 0 bridgehead atoms. The summed E-state index contributed by atoms with van der Waals surface area (Å²) in [7, 11) is -3.72. The Bertz CT molecular complexity index is 1200. The second kappa shape index (κ2) is 9.75. The molecule has 0 unspecified atom stereocenters. The Balaban J connectivity index is 1.33. The van der Waals surface area contributed by atoms with Gasteiger partial charge in [0.15, 0.2) is 6.61 Å². The fourth-order valence-corrected chi connectivity index (χ4v) is 5.06. The van der Waals surface area contributed by atoms with Crippen LogP contribution in [0.25, 0.3) is 0 Å². The van der Waals surface area contributed by atoms with Gasteiger partial charge in [-0.2, -0.15) is 0 Å². The first-order chi connectivity index (χ1) is 15.4. The first-order valence-corrected chi connectivity index (χ1v) is 12.6. The molecule has 1 atom stereocenters. The molecule has 3 aromatic rings. The molecule has 8 heteroatoms. The molecular formula is C24H23BrN2O4S. The Labute approximate surface area is 196 Å². The molecular weight excluding hydrogens is 492 g/mol. The second-order valence-corrected chi connectivity index (χ2v) is 10.2. The zero-order valence-electron chi connectivity index (χ0n) is 17.3. The van der Waals surface area contributed by atoms with Gasteiger partial charge in [0.05, 0.1) is 10.9 Å². The number of rotatable bonds is 7. The second-order valence-electron chi connectivity index (χ2n) is 7.58. The predicted molar refractivity (Wildman–Crippen MR) is 127 cm³/mol. The van der Waals surface area contributed by atoms with Crippen LogP contribution in [0, 0.1) is 0 Å². The van der Waals surface area contributed by atoms with E-state index in [1.807, 2.05) is 12.1 Å². The molecule has 0 fully saturated rings. The molecule has 6 nitrogen and oxygen atoms in total. The van der Waals surface area contributed by atoms with E-state index < -0.39 is 10.0 Å². The van der Waals surface area contributed by atoms with Gasteiger partial charge in [0.2, 0.25) is 0 Å². The zero-order chi connectivity index (χ0) is 22.6. The lowest BCUT2D eigenvalue weighted by atomic mass is 9.88. The van der Waals surface area contributed by atoms with E-state index in [0.29, 0.717) is 11.4 Å². The van der Waals surface area contributed by atoms with E-state index in [4.69, 9.17) is 4.74 Å². The van der Waals surface area contributed by atoms with Crippen LogP contribution in [0.4, 0.5) is 5.69 Å². The van der Waals surface area contributed by atoms with Gasteiger partial charge in [0, 0.05) is 10.2 Å². The summed E-state index contributed by atoms with van der Waals surface area (Å²) in [5.74, 6) is 0.215. The molecule has 1 aliphatic carbocycles. The van der Waals surface area contributed by atoms with Crippen LogP contribution in [0.2, 0.25) is 0 Å². The van der Waals surface area contributed by atoms with E-state index in [1.54, 1.807) is 36.4 Å². The van der Waals surface area contributed by atoms with Crippen LogP contribution >= 0.6 is 15.9 Å². The molecule has 0 radical (unpaired) electrons. The zero-order valence-corrected chi connectivity index (χ0v) is 19.7. The first kappa shape index (κ1) is 22.4. The third kappa shape index (κ3) is 5.49. The summed E-state index contributed by atoms with van der Waals surface area (Å²) < 4.78 is 34.1. The maximum atomic E-state index is 12.6. The van der Waals surface area contributed by atoms with E-state index >= 15 is 0 Å². The van der Waals surface area contributed by atoms with Crippen molar-refractivity contribution in [2.24, 2.45) is 0 Å². The topological polar surface area (TPSA) is 84.5 Å². The Morgan fingerprint density at radius 2 is 1.72 bits per heavy atom. The fraction of sp³-hybridized carbons (Fsp3) is 0.208. The Hall–Kier alpha value is -2.84. The molecule has 166 valence electrons. The molecule has 4 rings (SSSR count). The van der Waals surface area contributed by atoms with Gasteiger partial charge >= 0.3 is 0 Å². The molecule has 2 N–H and O–H groups in total. The summed E-state index contributed by atoms with van der Waals surface area (Å²) >= 11 is 3.32. The number of hydrogen-bond acceptors (Lipinski definition) is 4. The van der Waals surface area contributed by atoms with Gasteiger partial charge in [-0.25, -0.2) is 8.42 Å². The number of carbonyl (C=O) groups excluding carboxylic acids is 1. The Morgan fingerprint density at radius 1 is 1.00 bits per heavy atom. The average Bonchev–Trinajstić information content (AvgIpc) is 2.80. The van der Waals surface area contributed by atoms with Gasteiger partial charge in [0.1, 0.15) is 5.75 Å². The predicted octanol–water partition coefficient (Wildman–Crippen LogP) is 4.82. The number of nitrogens with one attached hydrogen (secondary N) is 2. The normalized spacial score (nSPS) is 15.5. The molecule has 1 amide bonds. The number of anilines is 1. The van der Waals surface area contributed by atoms with Crippen molar-refractivity contribution in [3.8, 4) is 5.75 Å². The standard InChI is InChI=1S/C24H23BrN2O4S/c25-18-8-10-19(11-9-18)27-32(29,30)21-14-12-20(13-15-21)31-16-24(28)26-23-7-3-5-17-4-1-2-6-22(17)23/h1-2,4,6,8-15,23,27H,3,5,7,16H2,(H,26,28)/t23-/m1/s1. The van der Waals surface area contributed by atoms with Crippen molar-refractivity contribution >= 4 is 37.5 Å². The van der Waals surface area contributed by atoms with Crippen LogP contribution in [0.15, 0.2) is 82.2 Å². The monoisotopic (exact) mass is 514 g/mol. The lowest BCUT2D eigenvalue weighted by molar-refractivity contribution is -0.124. The minimum Gasteiger partial charge on any atom is -0.484 e. The lowest BCUT2D eigenvalue weighted by Gasteiger charge is -2.26. The Kier molecular flexibility index (Phi) is 6.81. The van der Waals surface area contributed by atoms with Crippen molar-refractivity contribution in [3.05, 3.63) is 88.4 Å². The summed E-state index contributed by atoms with van der Waals surface area (Å²) in [4.78, 5) is 12.5. The van der Waals surface area contributed by atoms with Gasteiger partial charge in [-0.15, -0.1) is 0 Å². The fourth-order valence-electron chi connectivity index (χ4n) is 3.74. The van der Waals surface area contributed by atoms with Crippen LogP contribution < -0.4 is 14.8 Å². The van der Waals surface area contributed by atoms with Crippen molar-refractivity contribution in [3.63, 3.8) is 0 Å². The number of benzene rings is 3. The van der Waals surface area contributed by atoms with Gasteiger partial charge in [-0.3, -0.25) is 9.52 Å². The van der Waals surface area contributed by atoms with Crippen LogP contribution in [0.3, 0.4) is 0 Å². The number of fused-ring (bicyclic) bond motifs is 1. The van der Waals surface area contributed by atoms with Gasteiger partial charge in [0.25, 0.3) is 15.9 Å². The minimum absolute atomic E-state index is 0.00625. The Morgan fingerprint density at radius 3 is 2.47 bits per heavy atom. The van der Waals surface area contributed by atoms with Crippen LogP contribution in [-0.4, -0.2) is 20.9 Å². The van der Waals surface area contributed by atoms with Crippen molar-refractivity contribution < 1.29 is 17.9 Å². The summed E-state index contributed by atoms with van der Waals surface area (Å²) in [5, 5.41) is 3.04. The highest BCUT2D eigenvalue weighted by Crippen LogP contribution is 2.29. The van der Waals surface area contributed by atoms with E-state index in [9.17, 15) is 13.2 Å². The first-order valence-electron chi connectivity index (χ1n) is 10.3. The largest absolute Gasteiger partial charge is 0.484 e. The highest BCUT2D eigenvalue weighted by atomic mass is 79.9. The number of aryl methyl sites for hydroxylation is 1. The summed E-state index contributed by atoms with van der Waals surface area (Å²) in [6.45, 7) is -0.137. The van der Waals surface area contributed by atoms with Gasteiger partial charge in [-0.1, -0.05) is 40.2 Å². The quantitative estimate of drug-likeness (QED) is 0.473. The smallest absolute Gasteiger partial charge is 0.261 e. The van der Waals surface area contributed by atoms with Crippen molar-refractivity contribution in [2.45, 2.75) is 30.2 Å². The number of amides is 1. The van der Waals surface area contributed by atoms with Crippen molar-refractivity contribution in [1.29, 1.82) is 0 Å². The molecule has 0 aliphatic heterocycles. The number of carbonyl (C=O) groups is 1. The molecule has 32 heavy (non-hydrogen) atoms. The average molecular weight is 515 g/mol. The van der Waals surface area contributed by atoms with Crippen LogP contribution in [-0.2, 0) is 21.2 Å². The molecule has 3 aromatic carbocycles. The summed E-state index contributed by atoms with van der Waals surface area (Å²) in [5.41, 5.74) is 2.91. The molecule has 0 aromatic heterocycles. The molecule has 0 spiro atoms. The number of sulfonamides is 1. The third-order valence-corrected chi connectivity index (χ3v) is 7.23. The van der Waals surface area contributed by atoms with Gasteiger partial charge in [-0.05, 0) is 78.9 Å². The number of hydrogen-bond donors (Lipinski definition) is 2. The third-order valence-electron chi connectivity index (χ3n) is 5.31. The van der Waals surface area contributed by atoms with Crippen LogP contribution in [0.5, 0.6) is 5.75 Å². The van der Waals surface area contributed by atoms with E-state index in [1.165, 1.54) is 23.3 Å². The summed E-state index contributed by atoms with van der Waals surface area (Å²) in [6, 6.07) is 21.0. The minimum atomic E-state index is -3.72. The maximum Gasteiger partial charge on any atom is 0.261 e. The summed E-state index contributed by atoms with van der Waals surface area (Å²) in [6.07, 6.45) is 2.97.